The quantitative estimate of drug-likeness (QED) is 0.353. The number of hydrogen-bond donors (Lipinski definition) is 1. The molecule has 9 nitrogen and oxygen atoms in total. The third-order valence-corrected chi connectivity index (χ3v) is 4.69. The minimum atomic E-state index is -1.39. The lowest BCUT2D eigenvalue weighted by Crippen LogP contribution is -2.46. The lowest BCUT2D eigenvalue weighted by atomic mass is 9.88. The minimum absolute atomic E-state index is 0.104. The van der Waals surface area contributed by atoms with Crippen LogP contribution in [-0.4, -0.2) is 43.0 Å². The Hall–Kier alpha value is -3.89. The zero-order chi connectivity index (χ0) is 23.8. The molecule has 0 saturated carbocycles. The molecule has 2 rings (SSSR count). The van der Waals surface area contributed by atoms with E-state index in [0.29, 0.717) is 11.6 Å². The van der Waals surface area contributed by atoms with Crippen LogP contribution in [0.1, 0.15) is 23.5 Å². The molecule has 0 aliphatic heterocycles. The molecule has 11 heteroatoms. The Labute approximate surface area is 181 Å². The second-order valence-corrected chi connectivity index (χ2v) is 6.72. The summed E-state index contributed by atoms with van der Waals surface area (Å²) in [6.45, 7) is 0. The predicted molar refractivity (Wildman–Crippen MR) is 106 cm³/mol. The second-order valence-electron chi connectivity index (χ2n) is 6.72. The summed E-state index contributed by atoms with van der Waals surface area (Å²) in [5.41, 5.74) is 0.00744. The first-order valence-electron chi connectivity index (χ1n) is 9.28. The topological polar surface area (TPSA) is 125 Å². The van der Waals surface area contributed by atoms with Gasteiger partial charge in [0.05, 0.1) is 32.0 Å². The fourth-order valence-electron chi connectivity index (χ4n) is 3.05. The Morgan fingerprint density at radius 2 is 1.72 bits per heavy atom. The number of nitro benzene ring substituents is 1. The van der Waals surface area contributed by atoms with Gasteiger partial charge in [0.15, 0.2) is 0 Å². The number of esters is 2. The van der Waals surface area contributed by atoms with Crippen LogP contribution in [0.5, 0.6) is 0 Å². The van der Waals surface area contributed by atoms with E-state index in [1.165, 1.54) is 24.3 Å². The molecule has 0 heterocycles. The van der Waals surface area contributed by atoms with Crippen LogP contribution >= 0.6 is 0 Å². The number of carbonyl (C=O) groups is 3. The Morgan fingerprint density at radius 3 is 2.25 bits per heavy atom. The lowest BCUT2D eigenvalue weighted by molar-refractivity contribution is -0.384. The van der Waals surface area contributed by atoms with E-state index < -0.39 is 52.8 Å². The van der Waals surface area contributed by atoms with Crippen LogP contribution in [0.3, 0.4) is 0 Å². The third kappa shape index (κ3) is 6.30. The van der Waals surface area contributed by atoms with Gasteiger partial charge in [0.25, 0.3) is 5.69 Å². The first-order chi connectivity index (χ1) is 15.2. The molecule has 0 aliphatic carbocycles. The SMILES string of the molecule is COC(=O)C[C@@H](c1ccc([N+](=O)[O-])cc1)[C@@H](NC(=O)Cc1ccc(F)cc1F)C(=O)OC. The van der Waals surface area contributed by atoms with Crippen molar-refractivity contribution in [2.45, 2.75) is 24.8 Å². The van der Waals surface area contributed by atoms with E-state index in [-0.39, 0.29) is 17.7 Å². The van der Waals surface area contributed by atoms with E-state index in [9.17, 15) is 33.3 Å². The molecule has 32 heavy (non-hydrogen) atoms. The van der Waals surface area contributed by atoms with E-state index in [2.05, 4.69) is 10.1 Å². The van der Waals surface area contributed by atoms with Crippen LogP contribution in [-0.2, 0) is 30.3 Å². The molecule has 0 radical (unpaired) electrons. The number of non-ortho nitro benzene ring substituents is 1. The average Bonchev–Trinajstić information content (AvgIpc) is 2.77. The number of ether oxygens (including phenoxy) is 2. The van der Waals surface area contributed by atoms with Gasteiger partial charge in [0, 0.05) is 24.1 Å². The van der Waals surface area contributed by atoms with Gasteiger partial charge < -0.3 is 14.8 Å². The fourth-order valence-corrected chi connectivity index (χ4v) is 3.05. The number of rotatable bonds is 9. The summed E-state index contributed by atoms with van der Waals surface area (Å²) in [6.07, 6.45) is -0.871. The second kappa shape index (κ2) is 10.9. The minimum Gasteiger partial charge on any atom is -0.469 e. The van der Waals surface area contributed by atoms with Gasteiger partial charge in [-0.15, -0.1) is 0 Å². The molecule has 2 aromatic carbocycles. The van der Waals surface area contributed by atoms with Crippen molar-refractivity contribution in [3.63, 3.8) is 0 Å². The summed E-state index contributed by atoms with van der Waals surface area (Å²) in [4.78, 5) is 47.2. The standard InChI is InChI=1S/C21H20F2N2O7/c1-31-19(27)11-16(12-4-7-15(8-5-12)25(29)30)20(21(28)32-2)24-18(26)9-13-3-6-14(22)10-17(13)23/h3-8,10,16,20H,9,11H2,1-2H3,(H,24,26)/t16-,20+/m0/s1. The van der Waals surface area contributed by atoms with E-state index in [4.69, 9.17) is 4.74 Å². The number of nitrogens with zero attached hydrogens (tertiary/aromatic N) is 1. The number of halogens is 2. The zero-order valence-corrected chi connectivity index (χ0v) is 17.2. The van der Waals surface area contributed by atoms with Crippen molar-refractivity contribution in [1.82, 2.24) is 5.32 Å². The summed E-state index contributed by atoms with van der Waals surface area (Å²) in [5, 5.41) is 13.3. The normalized spacial score (nSPS) is 12.4. The zero-order valence-electron chi connectivity index (χ0n) is 17.2. The van der Waals surface area contributed by atoms with E-state index >= 15 is 0 Å². The Balaban J connectivity index is 2.34. The molecule has 0 unspecified atom stereocenters. The monoisotopic (exact) mass is 450 g/mol. The van der Waals surface area contributed by atoms with Gasteiger partial charge in [-0.25, -0.2) is 13.6 Å². The number of nitro groups is 1. The van der Waals surface area contributed by atoms with Gasteiger partial charge in [0.2, 0.25) is 5.91 Å². The number of benzene rings is 2. The van der Waals surface area contributed by atoms with Crippen molar-refractivity contribution < 1.29 is 37.6 Å². The molecule has 0 bridgehead atoms. The maximum absolute atomic E-state index is 13.9. The van der Waals surface area contributed by atoms with Gasteiger partial charge >= 0.3 is 11.9 Å². The number of hydrogen-bond acceptors (Lipinski definition) is 7. The fraction of sp³-hybridized carbons (Fsp3) is 0.286. The average molecular weight is 450 g/mol. The molecule has 0 fully saturated rings. The van der Waals surface area contributed by atoms with Gasteiger partial charge in [-0.3, -0.25) is 19.7 Å². The summed E-state index contributed by atoms with van der Waals surface area (Å²) < 4.78 is 36.4. The molecule has 170 valence electrons. The summed E-state index contributed by atoms with van der Waals surface area (Å²) >= 11 is 0. The molecule has 1 N–H and O–H groups in total. The van der Waals surface area contributed by atoms with Crippen molar-refractivity contribution in [2.24, 2.45) is 0 Å². The van der Waals surface area contributed by atoms with Gasteiger partial charge in [-0.05, 0) is 17.2 Å². The Morgan fingerprint density at radius 1 is 1.06 bits per heavy atom. The molecule has 2 aromatic rings. The molecular weight excluding hydrogens is 430 g/mol. The number of nitrogens with one attached hydrogen (secondary N) is 1. The van der Waals surface area contributed by atoms with Crippen LogP contribution in [0.25, 0.3) is 0 Å². The largest absolute Gasteiger partial charge is 0.469 e. The van der Waals surface area contributed by atoms with Crippen LogP contribution in [0.4, 0.5) is 14.5 Å². The number of amides is 1. The van der Waals surface area contributed by atoms with E-state index in [1.54, 1.807) is 0 Å². The van der Waals surface area contributed by atoms with Crippen LogP contribution in [0.15, 0.2) is 42.5 Å². The molecule has 0 saturated heterocycles. The van der Waals surface area contributed by atoms with Gasteiger partial charge in [-0.2, -0.15) is 0 Å². The van der Waals surface area contributed by atoms with E-state index in [1.807, 2.05) is 0 Å². The van der Waals surface area contributed by atoms with Crippen LogP contribution < -0.4 is 5.32 Å². The predicted octanol–water partition coefficient (Wildman–Crippen LogP) is 2.42. The lowest BCUT2D eigenvalue weighted by Gasteiger charge is -2.26. The summed E-state index contributed by atoms with van der Waals surface area (Å²) in [6, 6.07) is 6.36. The number of methoxy groups -OCH3 is 2. The first kappa shape index (κ1) is 24.4. The summed E-state index contributed by atoms with van der Waals surface area (Å²) in [7, 11) is 2.21. The molecular formula is C21H20F2N2O7. The Bertz CT molecular complexity index is 1010. The maximum atomic E-state index is 13.9. The smallest absolute Gasteiger partial charge is 0.329 e. The van der Waals surface area contributed by atoms with Crippen molar-refractivity contribution in [3.8, 4) is 0 Å². The highest BCUT2D eigenvalue weighted by Gasteiger charge is 2.34. The Kier molecular flexibility index (Phi) is 8.33. The van der Waals surface area contributed by atoms with Gasteiger partial charge in [-0.1, -0.05) is 18.2 Å². The third-order valence-electron chi connectivity index (χ3n) is 4.69. The van der Waals surface area contributed by atoms with E-state index in [0.717, 1.165) is 26.4 Å². The number of carbonyl (C=O) groups excluding carboxylic acids is 3. The molecule has 0 spiro atoms. The highest BCUT2D eigenvalue weighted by molar-refractivity contribution is 5.87. The van der Waals surface area contributed by atoms with Crippen LogP contribution in [0, 0.1) is 21.7 Å². The highest BCUT2D eigenvalue weighted by atomic mass is 19.1. The maximum Gasteiger partial charge on any atom is 0.329 e. The van der Waals surface area contributed by atoms with Crippen LogP contribution in [0.2, 0.25) is 0 Å². The molecule has 0 aromatic heterocycles. The first-order valence-corrected chi connectivity index (χ1v) is 9.28. The van der Waals surface area contributed by atoms with Crippen molar-refractivity contribution >= 4 is 23.5 Å². The van der Waals surface area contributed by atoms with Crippen molar-refractivity contribution in [3.05, 3.63) is 75.3 Å². The molecule has 2 atom stereocenters. The van der Waals surface area contributed by atoms with Crippen molar-refractivity contribution in [1.29, 1.82) is 0 Å². The molecule has 0 aliphatic rings. The summed E-state index contributed by atoms with van der Waals surface area (Å²) in [5.74, 6) is -5.14. The highest BCUT2D eigenvalue weighted by Crippen LogP contribution is 2.27. The van der Waals surface area contributed by atoms with Crippen molar-refractivity contribution in [2.75, 3.05) is 14.2 Å². The van der Waals surface area contributed by atoms with Gasteiger partial charge in [0.1, 0.15) is 17.7 Å². The molecule has 1 amide bonds.